The number of nitro benzene ring substituents is 1. The van der Waals surface area contributed by atoms with E-state index < -0.39 is 4.92 Å². The van der Waals surface area contributed by atoms with Crippen LogP contribution in [0.4, 0.5) is 11.5 Å². The Morgan fingerprint density at radius 1 is 1.40 bits per heavy atom. The van der Waals surface area contributed by atoms with Crippen LogP contribution in [0.1, 0.15) is 5.56 Å². The van der Waals surface area contributed by atoms with Gasteiger partial charge in [0.05, 0.1) is 4.92 Å². The molecular formula is C13H12BrN3O3. The maximum absolute atomic E-state index is 11.0. The van der Waals surface area contributed by atoms with Crippen molar-refractivity contribution in [1.82, 2.24) is 4.98 Å². The number of aromatic nitrogens is 1. The lowest BCUT2D eigenvalue weighted by Gasteiger charge is -2.07. The van der Waals surface area contributed by atoms with Crippen molar-refractivity contribution in [1.29, 1.82) is 0 Å². The van der Waals surface area contributed by atoms with Crippen LogP contribution >= 0.6 is 15.9 Å². The molecule has 0 aliphatic carbocycles. The summed E-state index contributed by atoms with van der Waals surface area (Å²) in [6, 6.07) is 8.35. The zero-order valence-corrected chi connectivity index (χ0v) is 12.3. The van der Waals surface area contributed by atoms with E-state index in [2.05, 4.69) is 26.2 Å². The number of halogens is 1. The molecule has 1 N–H and O–H groups in total. The van der Waals surface area contributed by atoms with E-state index in [9.17, 15) is 10.1 Å². The van der Waals surface area contributed by atoms with Gasteiger partial charge in [0.2, 0.25) is 0 Å². The number of ether oxygens (including phenoxy) is 1. The summed E-state index contributed by atoms with van der Waals surface area (Å²) < 4.78 is 6.13. The molecule has 1 heterocycles. The molecule has 0 atom stereocenters. The van der Waals surface area contributed by atoms with Crippen LogP contribution in [-0.2, 0) is 6.61 Å². The summed E-state index contributed by atoms with van der Waals surface area (Å²) in [6.07, 6.45) is 1.66. The van der Waals surface area contributed by atoms with Crippen LogP contribution in [0.5, 0.6) is 5.75 Å². The Morgan fingerprint density at radius 2 is 2.20 bits per heavy atom. The summed E-state index contributed by atoms with van der Waals surface area (Å²) in [4.78, 5) is 14.6. The predicted octanol–water partition coefficient (Wildman–Crippen LogP) is 3.37. The fourth-order valence-electron chi connectivity index (χ4n) is 1.57. The maximum Gasteiger partial charge on any atom is 0.312 e. The average Bonchev–Trinajstić information content (AvgIpc) is 2.46. The Bertz CT molecular complexity index is 617. The molecule has 0 aliphatic heterocycles. The van der Waals surface area contributed by atoms with Crippen LogP contribution in [0, 0.1) is 10.1 Å². The van der Waals surface area contributed by atoms with Gasteiger partial charge in [-0.05, 0) is 18.2 Å². The molecule has 1 aromatic heterocycles. The molecule has 0 saturated heterocycles. The number of rotatable bonds is 5. The van der Waals surface area contributed by atoms with Gasteiger partial charge in [0.25, 0.3) is 0 Å². The number of hydrogen-bond donors (Lipinski definition) is 1. The van der Waals surface area contributed by atoms with Gasteiger partial charge < -0.3 is 10.1 Å². The van der Waals surface area contributed by atoms with Crippen LogP contribution in [0.25, 0.3) is 0 Å². The van der Waals surface area contributed by atoms with Gasteiger partial charge in [-0.2, -0.15) is 0 Å². The van der Waals surface area contributed by atoms with Crippen molar-refractivity contribution in [2.24, 2.45) is 0 Å². The van der Waals surface area contributed by atoms with Gasteiger partial charge in [0.1, 0.15) is 12.4 Å². The van der Waals surface area contributed by atoms with Crippen molar-refractivity contribution in [3.63, 3.8) is 0 Å². The van der Waals surface area contributed by atoms with Gasteiger partial charge >= 0.3 is 5.69 Å². The molecule has 7 heteroatoms. The highest BCUT2D eigenvalue weighted by Gasteiger charge is 2.15. The van der Waals surface area contributed by atoms with Gasteiger partial charge in [-0.3, -0.25) is 10.1 Å². The molecule has 104 valence electrons. The zero-order valence-electron chi connectivity index (χ0n) is 10.7. The summed E-state index contributed by atoms with van der Waals surface area (Å²) >= 11 is 3.20. The fourth-order valence-corrected chi connectivity index (χ4v) is 1.92. The average molecular weight is 338 g/mol. The molecule has 2 rings (SSSR count). The summed E-state index contributed by atoms with van der Waals surface area (Å²) in [5.41, 5.74) is 0.764. The minimum Gasteiger partial charge on any atom is -0.482 e. The third-order valence-electron chi connectivity index (χ3n) is 2.59. The third kappa shape index (κ3) is 3.45. The van der Waals surface area contributed by atoms with E-state index in [1.807, 2.05) is 12.1 Å². The third-order valence-corrected chi connectivity index (χ3v) is 3.09. The van der Waals surface area contributed by atoms with E-state index in [-0.39, 0.29) is 18.0 Å². The molecule has 20 heavy (non-hydrogen) atoms. The number of nitro groups is 1. The van der Waals surface area contributed by atoms with Crippen LogP contribution in [0.3, 0.4) is 0 Å². The lowest BCUT2D eigenvalue weighted by atomic mass is 10.3. The van der Waals surface area contributed by atoms with Gasteiger partial charge in [0.15, 0.2) is 5.75 Å². The van der Waals surface area contributed by atoms with E-state index >= 15 is 0 Å². The van der Waals surface area contributed by atoms with E-state index in [1.165, 1.54) is 6.07 Å². The van der Waals surface area contributed by atoms with Crippen molar-refractivity contribution < 1.29 is 9.66 Å². The van der Waals surface area contributed by atoms with Gasteiger partial charge in [-0.1, -0.05) is 22.0 Å². The largest absolute Gasteiger partial charge is 0.482 e. The Hall–Kier alpha value is -2.15. The normalized spacial score (nSPS) is 10.1. The van der Waals surface area contributed by atoms with Crippen molar-refractivity contribution in [3.8, 4) is 5.75 Å². The number of benzene rings is 1. The van der Waals surface area contributed by atoms with E-state index in [0.717, 1.165) is 11.4 Å². The van der Waals surface area contributed by atoms with Gasteiger partial charge in [-0.15, -0.1) is 0 Å². The van der Waals surface area contributed by atoms with Gasteiger partial charge in [0, 0.05) is 29.3 Å². The van der Waals surface area contributed by atoms with Crippen LogP contribution in [-0.4, -0.2) is 17.0 Å². The van der Waals surface area contributed by atoms with Gasteiger partial charge in [-0.25, -0.2) is 4.98 Å². The first-order chi connectivity index (χ1) is 9.60. The molecule has 0 aliphatic rings. The minimum atomic E-state index is -0.470. The smallest absolute Gasteiger partial charge is 0.312 e. The minimum absolute atomic E-state index is 0.0702. The highest BCUT2D eigenvalue weighted by atomic mass is 79.9. The molecule has 0 bridgehead atoms. The zero-order chi connectivity index (χ0) is 14.5. The van der Waals surface area contributed by atoms with Crippen molar-refractivity contribution in [3.05, 3.63) is 56.7 Å². The van der Waals surface area contributed by atoms with Crippen molar-refractivity contribution in [2.45, 2.75) is 6.61 Å². The molecule has 0 saturated carbocycles. The number of pyridine rings is 1. The highest BCUT2D eigenvalue weighted by Crippen LogP contribution is 2.30. The summed E-state index contributed by atoms with van der Waals surface area (Å²) in [6.45, 7) is 0.222. The van der Waals surface area contributed by atoms with Crippen molar-refractivity contribution >= 4 is 27.4 Å². The lowest BCUT2D eigenvalue weighted by Crippen LogP contribution is -2.00. The molecule has 1 aromatic carbocycles. The molecular weight excluding hydrogens is 326 g/mol. The summed E-state index contributed by atoms with van der Waals surface area (Å²) in [7, 11) is 1.78. The van der Waals surface area contributed by atoms with E-state index in [0.29, 0.717) is 4.47 Å². The number of hydrogen-bond acceptors (Lipinski definition) is 5. The number of anilines is 1. The van der Waals surface area contributed by atoms with Crippen LogP contribution in [0.2, 0.25) is 0 Å². The maximum atomic E-state index is 11.0. The number of nitrogens with one attached hydrogen (secondary N) is 1. The molecule has 6 nitrogen and oxygen atoms in total. The Balaban J connectivity index is 2.12. The Labute approximate surface area is 124 Å². The summed E-state index contributed by atoms with van der Waals surface area (Å²) in [5, 5.41) is 13.9. The predicted molar refractivity (Wildman–Crippen MR) is 78.9 cm³/mol. The topological polar surface area (TPSA) is 77.3 Å². The molecule has 0 amide bonds. The second kappa shape index (κ2) is 6.33. The second-order valence-electron chi connectivity index (χ2n) is 3.96. The first-order valence-corrected chi connectivity index (χ1v) is 6.59. The quantitative estimate of drug-likeness (QED) is 0.668. The van der Waals surface area contributed by atoms with Crippen LogP contribution < -0.4 is 10.1 Å². The first-order valence-electron chi connectivity index (χ1n) is 5.79. The Kier molecular flexibility index (Phi) is 4.52. The SMILES string of the molecule is CNc1ccc(COc2ccc(Br)cc2[N+](=O)[O-])cn1. The van der Waals surface area contributed by atoms with Crippen molar-refractivity contribution in [2.75, 3.05) is 12.4 Å². The standard InChI is InChI=1S/C13H12BrN3O3/c1-15-13-5-2-9(7-16-13)8-20-12-4-3-10(14)6-11(12)17(18)19/h2-7H,8H2,1H3,(H,15,16). The summed E-state index contributed by atoms with van der Waals surface area (Å²) in [5.74, 6) is 0.985. The van der Waals surface area contributed by atoms with Crippen LogP contribution in [0.15, 0.2) is 41.0 Å². The molecule has 2 aromatic rings. The second-order valence-corrected chi connectivity index (χ2v) is 4.88. The lowest BCUT2D eigenvalue weighted by molar-refractivity contribution is -0.386. The van der Waals surface area contributed by atoms with E-state index in [1.54, 1.807) is 25.4 Å². The van der Waals surface area contributed by atoms with E-state index in [4.69, 9.17) is 4.74 Å². The molecule has 0 fully saturated rings. The fraction of sp³-hybridized carbons (Fsp3) is 0.154. The first kappa shape index (κ1) is 14.3. The number of nitrogens with zero attached hydrogens (tertiary/aromatic N) is 2. The molecule has 0 spiro atoms. The highest BCUT2D eigenvalue weighted by molar-refractivity contribution is 9.10. The molecule has 0 unspecified atom stereocenters. The monoisotopic (exact) mass is 337 g/mol. The molecule has 0 radical (unpaired) electrons. The Morgan fingerprint density at radius 3 is 2.80 bits per heavy atom.